The molecule has 5 atom stereocenters. The van der Waals surface area contributed by atoms with Gasteiger partial charge in [-0.3, -0.25) is 14.5 Å². The Labute approximate surface area is 305 Å². The number of benzene rings is 2. The summed E-state index contributed by atoms with van der Waals surface area (Å²) in [7, 11) is -1.49. The zero-order valence-corrected chi connectivity index (χ0v) is 31.2. The summed E-state index contributed by atoms with van der Waals surface area (Å²) >= 11 is 6.45. The first-order valence-electron chi connectivity index (χ1n) is 17.9. The summed E-state index contributed by atoms with van der Waals surface area (Å²) < 4.78 is 21.6. The lowest BCUT2D eigenvalue weighted by Gasteiger charge is -2.46. The average molecular weight is 716 g/mol. The van der Waals surface area contributed by atoms with Gasteiger partial charge in [-0.15, -0.1) is 0 Å². The van der Waals surface area contributed by atoms with Crippen molar-refractivity contribution in [2.45, 2.75) is 89.4 Å². The fourth-order valence-electron chi connectivity index (χ4n) is 6.87. The number of aliphatic hydroxyl groups is 1. The molecule has 50 heavy (non-hydrogen) atoms. The number of fused-ring (bicyclic) bond motifs is 1. The molecule has 0 spiro atoms. The van der Waals surface area contributed by atoms with Crippen LogP contribution in [0.4, 0.5) is 5.69 Å². The van der Waals surface area contributed by atoms with Crippen LogP contribution >= 0.6 is 11.6 Å². The number of anilines is 1. The molecule has 9 heteroatoms. The summed E-state index contributed by atoms with van der Waals surface area (Å²) in [4.78, 5) is 20.0. The zero-order chi connectivity index (χ0) is 35.7. The van der Waals surface area contributed by atoms with Crippen molar-refractivity contribution in [3.05, 3.63) is 100 Å². The number of nitrogens with zero attached hydrogens (tertiary/aromatic N) is 2. The summed E-state index contributed by atoms with van der Waals surface area (Å²) in [6.07, 6.45) is 11.6. The summed E-state index contributed by atoms with van der Waals surface area (Å²) in [5.41, 5.74) is 3.41. The number of hydrogen-bond donors (Lipinski definition) is 2. The number of hydrogen-bond acceptors (Lipinski definition) is 6. The first kappa shape index (κ1) is 37.6. The number of rotatable bonds is 13. The van der Waals surface area contributed by atoms with E-state index in [0.717, 1.165) is 54.9 Å². The van der Waals surface area contributed by atoms with E-state index >= 15 is 0 Å². The van der Waals surface area contributed by atoms with E-state index in [-0.39, 0.29) is 28.9 Å². The third-order valence-corrected chi connectivity index (χ3v) is 11.2. The number of amides is 1. The van der Waals surface area contributed by atoms with Crippen LogP contribution in [0.5, 0.6) is 5.75 Å². The Balaban J connectivity index is 1.45. The Kier molecular flexibility index (Phi) is 13.2. The second kappa shape index (κ2) is 17.5. The molecule has 266 valence electrons. The van der Waals surface area contributed by atoms with Crippen LogP contribution in [0.25, 0.3) is 0 Å². The van der Waals surface area contributed by atoms with Crippen LogP contribution in [0.15, 0.2) is 72.9 Å². The molecule has 2 heterocycles. The van der Waals surface area contributed by atoms with E-state index in [0.29, 0.717) is 37.4 Å². The molecule has 1 aromatic heterocycles. The van der Waals surface area contributed by atoms with Crippen LogP contribution < -0.4 is 14.4 Å². The normalized spacial score (nSPS) is 20.5. The second-order valence-corrected chi connectivity index (χ2v) is 15.8. The SMILES string of the molecule is CC/C=C/C(O)(C#CCCc1ccccn1)C1CCC1CN1CC(c2ccc(Cl)cc2CCC)COc2ccc(C(=O)NS(=O)C(C)C)cc21. The maximum atomic E-state index is 13.2. The Bertz CT molecular complexity index is 1740. The highest BCUT2D eigenvalue weighted by atomic mass is 35.5. The van der Waals surface area contributed by atoms with Crippen LogP contribution in [0, 0.1) is 23.7 Å². The monoisotopic (exact) mass is 715 g/mol. The maximum Gasteiger partial charge on any atom is 0.263 e. The van der Waals surface area contributed by atoms with Gasteiger partial charge in [-0.1, -0.05) is 61.9 Å². The van der Waals surface area contributed by atoms with Crippen LogP contribution in [-0.4, -0.2) is 50.8 Å². The van der Waals surface area contributed by atoms with E-state index < -0.39 is 16.6 Å². The molecule has 0 bridgehead atoms. The molecule has 1 amide bonds. The van der Waals surface area contributed by atoms with Crippen molar-refractivity contribution in [2.24, 2.45) is 11.8 Å². The zero-order valence-electron chi connectivity index (χ0n) is 29.7. The van der Waals surface area contributed by atoms with Crippen LogP contribution in [0.1, 0.15) is 92.9 Å². The Hall–Kier alpha value is -3.64. The molecule has 1 aliphatic carbocycles. The number of halogens is 1. The first-order valence-corrected chi connectivity index (χ1v) is 19.5. The lowest BCUT2D eigenvalue weighted by molar-refractivity contribution is -0.00292. The fraction of sp³-hybridized carbons (Fsp3) is 0.463. The van der Waals surface area contributed by atoms with Gasteiger partial charge in [0.25, 0.3) is 5.91 Å². The summed E-state index contributed by atoms with van der Waals surface area (Å²) in [6.45, 7) is 9.65. The Morgan fingerprint density at radius 3 is 2.72 bits per heavy atom. The number of allylic oxidation sites excluding steroid dienone is 1. The highest BCUT2D eigenvalue weighted by molar-refractivity contribution is 7.84. The van der Waals surface area contributed by atoms with Gasteiger partial charge in [0.05, 0.1) is 12.3 Å². The summed E-state index contributed by atoms with van der Waals surface area (Å²) in [6, 6.07) is 17.4. The highest BCUT2D eigenvalue weighted by Gasteiger charge is 2.45. The van der Waals surface area contributed by atoms with E-state index in [9.17, 15) is 14.1 Å². The summed E-state index contributed by atoms with van der Waals surface area (Å²) in [5, 5.41) is 12.6. The minimum absolute atomic E-state index is 0.0511. The largest absolute Gasteiger partial charge is 0.491 e. The number of pyridine rings is 1. The molecular weight excluding hydrogens is 666 g/mol. The van der Waals surface area contributed by atoms with E-state index in [1.807, 2.05) is 62.4 Å². The molecule has 1 fully saturated rings. The first-order chi connectivity index (χ1) is 24.1. The maximum absolute atomic E-state index is 13.2. The molecular formula is C41H50ClN3O4S. The number of nitrogens with one attached hydrogen (secondary N) is 1. The van der Waals surface area contributed by atoms with Crippen molar-refractivity contribution >= 4 is 34.2 Å². The molecule has 1 aliphatic heterocycles. The fourth-order valence-corrected chi connectivity index (χ4v) is 7.60. The van der Waals surface area contributed by atoms with Gasteiger partial charge >= 0.3 is 0 Å². The van der Waals surface area contributed by atoms with Gasteiger partial charge in [0.15, 0.2) is 0 Å². The van der Waals surface area contributed by atoms with Crippen molar-refractivity contribution in [3.8, 4) is 17.6 Å². The lowest BCUT2D eigenvalue weighted by atomic mass is 9.64. The molecule has 2 N–H and O–H groups in total. The predicted octanol–water partition coefficient (Wildman–Crippen LogP) is 7.83. The third-order valence-electron chi connectivity index (χ3n) is 9.69. The van der Waals surface area contributed by atoms with E-state index in [2.05, 4.69) is 52.4 Å². The molecule has 1 saturated carbocycles. The number of aromatic nitrogens is 1. The van der Waals surface area contributed by atoms with Crippen molar-refractivity contribution in [1.82, 2.24) is 9.71 Å². The van der Waals surface area contributed by atoms with Gasteiger partial charge in [-0.2, -0.15) is 0 Å². The minimum atomic E-state index is -1.49. The smallest absolute Gasteiger partial charge is 0.263 e. The molecule has 2 aromatic carbocycles. The van der Waals surface area contributed by atoms with Crippen molar-refractivity contribution in [2.75, 3.05) is 24.6 Å². The standard InChI is InChI=1S/C41H50ClN3O4S/c1-5-7-21-41(47,22-10-8-13-35-14-9-11-23-43-35)37-19-15-32(37)26-45-27-33(36-18-17-34(42)24-30(36)12-6-2)28-49-39-20-16-31(25-38(39)45)40(46)44-50(48)29(3)4/h7,9,11,14,16-18,20-21,23-25,29,32-33,37,47H,5-6,8,12-13,15,19,26-28H2,1-4H3,(H,44,46)/b21-7+. The van der Waals surface area contributed by atoms with Gasteiger partial charge in [0, 0.05) is 65.5 Å². The molecule has 5 unspecified atom stereocenters. The van der Waals surface area contributed by atoms with Gasteiger partial charge < -0.3 is 14.7 Å². The Morgan fingerprint density at radius 1 is 1.18 bits per heavy atom. The van der Waals surface area contributed by atoms with Crippen molar-refractivity contribution in [1.29, 1.82) is 0 Å². The third kappa shape index (κ3) is 9.37. The number of carbonyl (C=O) groups is 1. The minimum Gasteiger partial charge on any atom is -0.491 e. The van der Waals surface area contributed by atoms with Crippen LogP contribution in [0.3, 0.4) is 0 Å². The van der Waals surface area contributed by atoms with Gasteiger partial charge in [-0.05, 0) is 105 Å². The predicted molar refractivity (Wildman–Crippen MR) is 204 cm³/mol. The molecule has 0 radical (unpaired) electrons. The lowest BCUT2D eigenvalue weighted by Crippen LogP contribution is -2.49. The topological polar surface area (TPSA) is 91.8 Å². The van der Waals surface area contributed by atoms with E-state index in [4.69, 9.17) is 16.3 Å². The molecule has 0 saturated heterocycles. The average Bonchev–Trinajstić information content (AvgIpc) is 3.27. The Morgan fingerprint density at radius 2 is 2.02 bits per heavy atom. The van der Waals surface area contributed by atoms with Gasteiger partial charge in [0.2, 0.25) is 0 Å². The molecule has 5 rings (SSSR count). The number of aryl methyl sites for hydroxylation is 2. The van der Waals surface area contributed by atoms with Crippen molar-refractivity contribution < 1.29 is 18.8 Å². The highest BCUT2D eigenvalue weighted by Crippen LogP contribution is 2.45. The number of carbonyl (C=O) groups excluding carboxylic acids is 1. The quantitative estimate of drug-likeness (QED) is 0.139. The molecule has 3 aromatic rings. The summed E-state index contributed by atoms with van der Waals surface area (Å²) in [5.74, 6) is 7.01. The van der Waals surface area contributed by atoms with Crippen LogP contribution in [-0.2, 0) is 23.8 Å². The molecule has 7 nitrogen and oxygen atoms in total. The van der Waals surface area contributed by atoms with Gasteiger partial charge in [-0.25, -0.2) is 4.21 Å². The second-order valence-electron chi connectivity index (χ2n) is 13.7. The molecule has 2 aliphatic rings. The van der Waals surface area contributed by atoms with E-state index in [1.165, 1.54) is 11.1 Å². The van der Waals surface area contributed by atoms with E-state index in [1.54, 1.807) is 12.3 Å². The van der Waals surface area contributed by atoms with Crippen LogP contribution in [0.2, 0.25) is 5.02 Å². The number of ether oxygens (including phenoxy) is 1. The van der Waals surface area contributed by atoms with Crippen molar-refractivity contribution in [3.63, 3.8) is 0 Å². The van der Waals surface area contributed by atoms with Gasteiger partial charge in [0.1, 0.15) is 22.3 Å².